The van der Waals surface area contributed by atoms with Crippen LogP contribution in [0.1, 0.15) is 58.3 Å². The molecule has 0 aliphatic heterocycles. The third-order valence-electron chi connectivity index (χ3n) is 7.08. The number of carbonyl (C=O) groups is 2. The van der Waals surface area contributed by atoms with E-state index in [9.17, 15) is 9.59 Å². The van der Waals surface area contributed by atoms with E-state index < -0.39 is 11.9 Å². The molecule has 0 heterocycles. The average Bonchev–Trinajstić information content (AvgIpc) is 2.85. The van der Waals surface area contributed by atoms with Crippen LogP contribution in [0.4, 0.5) is 0 Å². The Balaban J connectivity index is 1.75. The summed E-state index contributed by atoms with van der Waals surface area (Å²) in [5, 5.41) is 4.79. The van der Waals surface area contributed by atoms with Crippen molar-refractivity contribution < 1.29 is 14.7 Å². The Kier molecular flexibility index (Phi) is 3.24. The van der Waals surface area contributed by atoms with Gasteiger partial charge in [0, 0.05) is 11.5 Å². The van der Waals surface area contributed by atoms with Gasteiger partial charge in [0.1, 0.15) is 6.10 Å². The quantitative estimate of drug-likeness (QED) is 0.798. The molecule has 120 valence electrons. The van der Waals surface area contributed by atoms with Crippen molar-refractivity contribution in [2.75, 3.05) is 0 Å². The number of allylic oxidation sites excluding steroid dienone is 1. The van der Waals surface area contributed by atoms with Crippen molar-refractivity contribution in [2.24, 2.45) is 29.6 Å². The predicted octanol–water partition coefficient (Wildman–Crippen LogP) is 3.06. The maximum atomic E-state index is 12.5. The van der Waals surface area contributed by atoms with Gasteiger partial charge in [0.15, 0.2) is 0 Å². The lowest BCUT2D eigenvalue weighted by Crippen LogP contribution is -2.44. The normalized spacial score (nSPS) is 45.2. The molecule has 0 bridgehead atoms. The number of fused-ring (bicyclic) bond motifs is 5. The van der Waals surface area contributed by atoms with E-state index in [2.05, 4.69) is 6.92 Å². The van der Waals surface area contributed by atoms with Crippen LogP contribution < -0.4 is 0 Å². The first-order chi connectivity index (χ1) is 11.2. The third kappa shape index (κ3) is 1.90. The molecule has 1 unspecified atom stereocenters. The van der Waals surface area contributed by atoms with E-state index in [0.717, 1.165) is 36.7 Å². The van der Waals surface area contributed by atoms with Crippen LogP contribution in [-0.2, 0) is 9.59 Å². The lowest BCUT2D eigenvalue weighted by molar-refractivity contribution is -0.137. The summed E-state index contributed by atoms with van der Waals surface area (Å²) in [4.78, 5) is 24.8. The highest BCUT2D eigenvalue weighted by atomic mass is 16.3. The minimum Gasteiger partial charge on any atom is -0.384 e. The van der Waals surface area contributed by atoms with Crippen LogP contribution in [0.2, 0.25) is 0 Å². The van der Waals surface area contributed by atoms with Gasteiger partial charge in [-0.1, -0.05) is 31.8 Å². The van der Waals surface area contributed by atoms with E-state index in [1.54, 1.807) is 0 Å². The van der Waals surface area contributed by atoms with E-state index in [4.69, 9.17) is 6.54 Å². The summed E-state index contributed by atoms with van der Waals surface area (Å²) in [5.41, 5.74) is 1.92. The molecule has 0 aromatic carbocycles. The Morgan fingerprint density at radius 3 is 2.68 bits per heavy atom. The van der Waals surface area contributed by atoms with Crippen molar-refractivity contribution in [1.82, 2.24) is 0 Å². The second-order valence-corrected chi connectivity index (χ2v) is 7.83. The van der Waals surface area contributed by atoms with E-state index in [0.29, 0.717) is 11.8 Å². The summed E-state index contributed by atoms with van der Waals surface area (Å²) < 4.78 is 7.36. The summed E-state index contributed by atoms with van der Waals surface area (Å²) in [6.07, 6.45) is 8.66. The van der Waals surface area contributed by atoms with Crippen LogP contribution in [0.3, 0.4) is 0 Å². The number of hydrogen-bond donors (Lipinski definition) is 1. The molecule has 3 heteroatoms. The molecule has 6 atom stereocenters. The van der Waals surface area contributed by atoms with E-state index in [-0.39, 0.29) is 11.7 Å². The van der Waals surface area contributed by atoms with Gasteiger partial charge in [-0.3, -0.25) is 9.59 Å². The zero-order chi connectivity index (χ0) is 16.1. The first kappa shape index (κ1) is 13.5. The van der Waals surface area contributed by atoms with Crippen molar-refractivity contribution in [1.29, 1.82) is 1.43 Å². The zero-order valence-electron chi connectivity index (χ0n) is 14.3. The summed E-state index contributed by atoms with van der Waals surface area (Å²) >= 11 is 0. The minimum absolute atomic E-state index is 0.135. The first-order valence-corrected chi connectivity index (χ1v) is 9.09. The Morgan fingerprint density at radius 1 is 1.09 bits per heavy atom. The van der Waals surface area contributed by atoms with Gasteiger partial charge in [0.25, 0.3) is 0 Å². The fourth-order valence-corrected chi connectivity index (χ4v) is 6.14. The van der Waals surface area contributed by atoms with Crippen LogP contribution >= 0.6 is 0 Å². The second-order valence-electron chi connectivity index (χ2n) is 7.83. The smallest absolute Gasteiger partial charge is 0.231 e. The molecular weight excluding hydrogens is 276 g/mol. The van der Waals surface area contributed by atoms with Gasteiger partial charge in [0.05, 0.1) is 0 Å². The van der Waals surface area contributed by atoms with Crippen LogP contribution in [0.15, 0.2) is 11.1 Å². The molecule has 0 aromatic rings. The summed E-state index contributed by atoms with van der Waals surface area (Å²) in [6, 6.07) is 0. The zero-order valence-corrected chi connectivity index (χ0v) is 13.3. The van der Waals surface area contributed by atoms with Gasteiger partial charge < -0.3 is 5.11 Å². The maximum Gasteiger partial charge on any atom is 0.231 e. The van der Waals surface area contributed by atoms with Crippen LogP contribution in [0.25, 0.3) is 0 Å². The number of aliphatic hydroxyl groups excluding tert-OH is 1. The van der Waals surface area contributed by atoms with Gasteiger partial charge in [-0.2, -0.15) is 0 Å². The molecule has 1 N–H and O–H groups in total. The largest absolute Gasteiger partial charge is 0.384 e. The lowest BCUT2D eigenvalue weighted by atomic mass is 9.54. The summed E-state index contributed by atoms with van der Waals surface area (Å²) in [5.74, 6) is 1.59. The lowest BCUT2D eigenvalue weighted by Gasteiger charge is -2.50. The monoisotopic (exact) mass is 303 g/mol. The molecule has 22 heavy (non-hydrogen) atoms. The fraction of sp³-hybridized carbons (Fsp3) is 0.789. The Hall–Kier alpha value is -0.960. The Morgan fingerprint density at radius 2 is 1.91 bits per heavy atom. The van der Waals surface area contributed by atoms with Crippen molar-refractivity contribution in [2.45, 2.75) is 64.4 Å². The molecule has 0 saturated heterocycles. The Labute approximate surface area is 133 Å². The predicted molar refractivity (Wildman–Crippen MR) is 83.1 cm³/mol. The molecule has 0 aromatic heterocycles. The maximum absolute atomic E-state index is 12.5. The molecule has 4 aliphatic rings. The fourth-order valence-electron chi connectivity index (χ4n) is 6.14. The minimum atomic E-state index is -0.841. The summed E-state index contributed by atoms with van der Waals surface area (Å²) in [7, 11) is 0. The van der Waals surface area contributed by atoms with Gasteiger partial charge in [-0.15, -0.1) is 0 Å². The van der Waals surface area contributed by atoms with Gasteiger partial charge in [-0.25, -0.2) is 0 Å². The number of rotatable bonds is 2. The number of carbonyl (C=O) groups excluding carboxylic acids is 2. The highest BCUT2D eigenvalue weighted by Gasteiger charge is 2.56. The van der Waals surface area contributed by atoms with Crippen molar-refractivity contribution in [3.8, 4) is 0 Å². The van der Waals surface area contributed by atoms with Gasteiger partial charge in [0.2, 0.25) is 13.0 Å². The molecule has 4 rings (SSSR count). The molecule has 0 radical (unpaired) electrons. The summed E-state index contributed by atoms with van der Waals surface area (Å²) in [6.45, 7) is 2.09. The number of ketones is 2. The van der Waals surface area contributed by atoms with Crippen LogP contribution in [0, 0.1) is 29.6 Å². The third-order valence-corrected chi connectivity index (χ3v) is 7.08. The molecule has 0 amide bonds. The Bertz CT molecular complexity index is 567. The molecule has 3 saturated carbocycles. The molecule has 3 fully saturated rings. The number of Topliss-reactive ketones (excluding diaryl/α,β-unsaturated/α-hetero) is 2. The molecule has 3 nitrogen and oxygen atoms in total. The molecule has 0 spiro atoms. The van der Waals surface area contributed by atoms with E-state index >= 15 is 0 Å². The van der Waals surface area contributed by atoms with E-state index in [1.807, 2.05) is 0 Å². The van der Waals surface area contributed by atoms with Crippen LogP contribution in [-0.4, -0.2) is 24.2 Å². The highest BCUT2D eigenvalue weighted by Crippen LogP contribution is 2.56. The number of aliphatic hydroxyl groups is 1. The van der Waals surface area contributed by atoms with Crippen LogP contribution in [0.5, 0.6) is 0 Å². The van der Waals surface area contributed by atoms with Crippen molar-refractivity contribution in [3.63, 3.8) is 0 Å². The van der Waals surface area contributed by atoms with Gasteiger partial charge in [-0.05, 0) is 55.8 Å². The number of hydrogen-bond acceptors (Lipinski definition) is 3. The molecular formula is C19H26O3. The van der Waals surface area contributed by atoms with Gasteiger partial charge >= 0.3 is 0 Å². The second kappa shape index (κ2) is 5.30. The average molecular weight is 303 g/mol. The van der Waals surface area contributed by atoms with E-state index in [1.165, 1.54) is 37.7 Å². The first-order valence-electron chi connectivity index (χ1n) is 9.50. The van der Waals surface area contributed by atoms with Crippen molar-refractivity contribution >= 4 is 11.6 Å². The highest BCUT2D eigenvalue weighted by molar-refractivity contribution is 6.48. The SMILES string of the molecule is [2H]O[C@H]1C(=O)C(=O)C2=C(CC)C[C@H]3[C@@H](CCC4CCCC[C@@H]43)[C@@H]21. The topological polar surface area (TPSA) is 54.4 Å². The molecule has 4 aliphatic carbocycles. The van der Waals surface area contributed by atoms with Crippen molar-refractivity contribution in [3.05, 3.63) is 11.1 Å². The standard InChI is InChI=1S/C19H26O3/c1-2-10-9-14-12-6-4-3-5-11(12)7-8-13(14)16-15(10)17(20)19(22)18(16)21/h11-14,16,18,21H,2-9H2,1H3/t11?,12-,13+,14+,16-,18+/m0/s1/i21D.